The van der Waals surface area contributed by atoms with Crippen molar-refractivity contribution in [3.63, 3.8) is 0 Å². The number of rotatable bonds is 1. The molecule has 1 aromatic rings. The molecule has 1 fully saturated rings. The Morgan fingerprint density at radius 3 is 2.27 bits per heavy atom. The first-order valence-corrected chi connectivity index (χ1v) is 5.54. The van der Waals surface area contributed by atoms with Gasteiger partial charge in [-0.15, -0.1) is 0 Å². The summed E-state index contributed by atoms with van der Waals surface area (Å²) in [4.78, 5) is 6.61. The minimum atomic E-state index is 0.441. The first-order valence-electron chi connectivity index (χ1n) is 5.54. The third kappa shape index (κ3) is 2.32. The fraction of sp³-hybridized carbons (Fsp3) is 0.545. The van der Waals surface area contributed by atoms with Gasteiger partial charge in [0.1, 0.15) is 11.6 Å². The molecule has 0 saturated carbocycles. The van der Waals surface area contributed by atoms with E-state index in [1.54, 1.807) is 0 Å². The molecule has 0 aromatic carbocycles. The molecule has 2 rings (SSSR count). The van der Waals surface area contributed by atoms with Crippen LogP contribution in [0, 0.1) is 0 Å². The molecule has 0 bridgehead atoms. The van der Waals surface area contributed by atoms with Crippen LogP contribution in [0.2, 0.25) is 0 Å². The molecule has 1 aliphatic heterocycles. The van der Waals surface area contributed by atoms with Crippen molar-refractivity contribution in [1.29, 1.82) is 0 Å². The standard InChI is InChI=1S/C11H18N4/c12-9-5-6-10(14-11(9)13)15-7-3-1-2-4-8-15/h5-6H,1-4,7-8,12H2,(H2,13,14). The van der Waals surface area contributed by atoms with Crippen LogP contribution < -0.4 is 16.4 Å². The summed E-state index contributed by atoms with van der Waals surface area (Å²) in [6.45, 7) is 2.16. The van der Waals surface area contributed by atoms with Crippen LogP contribution in [0.4, 0.5) is 17.3 Å². The zero-order valence-electron chi connectivity index (χ0n) is 8.95. The van der Waals surface area contributed by atoms with Gasteiger partial charge in [-0.3, -0.25) is 0 Å². The molecule has 1 aliphatic rings. The van der Waals surface area contributed by atoms with E-state index in [1.165, 1.54) is 25.7 Å². The first kappa shape index (κ1) is 10.1. The van der Waals surface area contributed by atoms with Crippen molar-refractivity contribution < 1.29 is 0 Å². The molecule has 1 saturated heterocycles. The minimum Gasteiger partial charge on any atom is -0.396 e. The summed E-state index contributed by atoms with van der Waals surface area (Å²) in [6.07, 6.45) is 5.12. The van der Waals surface area contributed by atoms with Gasteiger partial charge in [-0.1, -0.05) is 12.8 Å². The van der Waals surface area contributed by atoms with Crippen LogP contribution in [-0.2, 0) is 0 Å². The number of hydrogen-bond acceptors (Lipinski definition) is 4. The average Bonchev–Trinajstić information content (AvgIpc) is 2.50. The van der Waals surface area contributed by atoms with Crippen LogP contribution in [-0.4, -0.2) is 18.1 Å². The Kier molecular flexibility index (Phi) is 2.94. The van der Waals surface area contributed by atoms with Crippen LogP contribution in [0.3, 0.4) is 0 Å². The fourth-order valence-electron chi connectivity index (χ4n) is 1.95. The van der Waals surface area contributed by atoms with Crippen molar-refractivity contribution in [3.8, 4) is 0 Å². The Hall–Kier alpha value is -1.45. The largest absolute Gasteiger partial charge is 0.396 e. The molecule has 0 spiro atoms. The molecule has 0 atom stereocenters. The van der Waals surface area contributed by atoms with Gasteiger partial charge in [0.15, 0.2) is 0 Å². The lowest BCUT2D eigenvalue weighted by molar-refractivity contribution is 0.726. The van der Waals surface area contributed by atoms with Crippen molar-refractivity contribution in [2.75, 3.05) is 29.5 Å². The van der Waals surface area contributed by atoms with E-state index < -0.39 is 0 Å². The summed E-state index contributed by atoms with van der Waals surface area (Å²) >= 11 is 0. The summed E-state index contributed by atoms with van der Waals surface area (Å²) in [6, 6.07) is 3.79. The van der Waals surface area contributed by atoms with E-state index in [-0.39, 0.29) is 0 Å². The molecule has 0 unspecified atom stereocenters. The Bertz CT molecular complexity index is 329. The molecule has 1 aromatic heterocycles. The topological polar surface area (TPSA) is 68.2 Å². The van der Waals surface area contributed by atoms with Gasteiger partial charge in [0.05, 0.1) is 5.69 Å². The van der Waals surface area contributed by atoms with Gasteiger partial charge in [-0.25, -0.2) is 4.98 Å². The number of nitrogens with two attached hydrogens (primary N) is 2. The zero-order valence-corrected chi connectivity index (χ0v) is 8.95. The van der Waals surface area contributed by atoms with Crippen molar-refractivity contribution in [2.24, 2.45) is 0 Å². The molecule has 0 radical (unpaired) electrons. The van der Waals surface area contributed by atoms with Gasteiger partial charge in [-0.05, 0) is 25.0 Å². The van der Waals surface area contributed by atoms with Crippen molar-refractivity contribution in [2.45, 2.75) is 25.7 Å². The highest BCUT2D eigenvalue weighted by molar-refractivity contribution is 5.62. The summed E-state index contributed by atoms with van der Waals surface area (Å²) in [5.74, 6) is 1.40. The fourth-order valence-corrected chi connectivity index (χ4v) is 1.95. The third-order valence-electron chi connectivity index (χ3n) is 2.87. The molecule has 4 heteroatoms. The van der Waals surface area contributed by atoms with Crippen molar-refractivity contribution >= 4 is 17.3 Å². The average molecular weight is 206 g/mol. The lowest BCUT2D eigenvalue weighted by Crippen LogP contribution is -2.25. The van der Waals surface area contributed by atoms with Gasteiger partial charge in [0.2, 0.25) is 0 Å². The quantitative estimate of drug-likeness (QED) is 0.732. The second kappa shape index (κ2) is 4.38. The van der Waals surface area contributed by atoms with Crippen LogP contribution in [0.1, 0.15) is 25.7 Å². The number of nitrogens with zero attached hydrogens (tertiary/aromatic N) is 2. The molecule has 0 aliphatic carbocycles. The summed E-state index contributed by atoms with van der Waals surface area (Å²) in [5, 5.41) is 0. The van der Waals surface area contributed by atoms with Gasteiger partial charge >= 0.3 is 0 Å². The van der Waals surface area contributed by atoms with Gasteiger partial charge < -0.3 is 16.4 Å². The minimum absolute atomic E-state index is 0.441. The smallest absolute Gasteiger partial charge is 0.149 e. The number of pyridine rings is 1. The molecule has 15 heavy (non-hydrogen) atoms. The maximum Gasteiger partial charge on any atom is 0.149 e. The predicted octanol–water partition coefficient (Wildman–Crippen LogP) is 1.63. The Morgan fingerprint density at radius 1 is 1.00 bits per heavy atom. The predicted molar refractivity (Wildman–Crippen MR) is 63.7 cm³/mol. The monoisotopic (exact) mass is 206 g/mol. The lowest BCUT2D eigenvalue weighted by atomic mass is 10.2. The molecule has 2 heterocycles. The highest BCUT2D eigenvalue weighted by Gasteiger charge is 2.11. The SMILES string of the molecule is Nc1ccc(N2CCCCCC2)nc1N. The van der Waals surface area contributed by atoms with E-state index in [0.717, 1.165) is 18.9 Å². The Balaban J connectivity index is 2.16. The molecule has 0 amide bonds. The van der Waals surface area contributed by atoms with Crippen LogP contribution in [0.15, 0.2) is 12.1 Å². The number of nitrogen functional groups attached to an aromatic ring is 2. The van der Waals surface area contributed by atoms with Gasteiger partial charge in [-0.2, -0.15) is 0 Å². The second-order valence-corrected chi connectivity index (χ2v) is 4.05. The van der Waals surface area contributed by atoms with E-state index in [4.69, 9.17) is 11.5 Å². The van der Waals surface area contributed by atoms with Crippen LogP contribution in [0.5, 0.6) is 0 Å². The third-order valence-corrected chi connectivity index (χ3v) is 2.87. The highest BCUT2D eigenvalue weighted by Crippen LogP contribution is 2.21. The summed E-state index contributed by atoms with van der Waals surface area (Å²) in [7, 11) is 0. The van der Waals surface area contributed by atoms with Crippen molar-refractivity contribution in [3.05, 3.63) is 12.1 Å². The van der Waals surface area contributed by atoms with Crippen LogP contribution >= 0.6 is 0 Å². The van der Waals surface area contributed by atoms with Gasteiger partial charge in [0, 0.05) is 13.1 Å². The first-order chi connectivity index (χ1) is 7.27. The van der Waals surface area contributed by atoms with E-state index in [2.05, 4.69) is 9.88 Å². The second-order valence-electron chi connectivity index (χ2n) is 4.05. The molecular formula is C11H18N4. The van der Waals surface area contributed by atoms with Crippen molar-refractivity contribution in [1.82, 2.24) is 4.98 Å². The van der Waals surface area contributed by atoms with Gasteiger partial charge in [0.25, 0.3) is 0 Å². The number of hydrogen-bond donors (Lipinski definition) is 2. The highest BCUT2D eigenvalue weighted by atomic mass is 15.2. The van der Waals surface area contributed by atoms with E-state index >= 15 is 0 Å². The number of aromatic nitrogens is 1. The zero-order chi connectivity index (χ0) is 10.7. The maximum absolute atomic E-state index is 5.70. The van der Waals surface area contributed by atoms with E-state index in [9.17, 15) is 0 Å². The molecule has 82 valence electrons. The number of anilines is 3. The lowest BCUT2D eigenvalue weighted by Gasteiger charge is -2.21. The molecule has 4 nitrogen and oxygen atoms in total. The Labute approximate surface area is 90.3 Å². The van der Waals surface area contributed by atoms with E-state index in [0.29, 0.717) is 11.5 Å². The van der Waals surface area contributed by atoms with Crippen LogP contribution in [0.25, 0.3) is 0 Å². The normalized spacial score (nSPS) is 17.5. The maximum atomic E-state index is 5.70. The summed E-state index contributed by atoms with van der Waals surface area (Å²) < 4.78 is 0. The molecular weight excluding hydrogens is 188 g/mol. The van der Waals surface area contributed by atoms with E-state index in [1.807, 2.05) is 12.1 Å². The Morgan fingerprint density at radius 2 is 1.67 bits per heavy atom. The summed E-state index contributed by atoms with van der Waals surface area (Å²) in [5.41, 5.74) is 11.9. The molecule has 4 N–H and O–H groups in total.